The van der Waals surface area contributed by atoms with Crippen LogP contribution >= 0.6 is 22.6 Å². The van der Waals surface area contributed by atoms with Gasteiger partial charge < -0.3 is 9.64 Å². The summed E-state index contributed by atoms with van der Waals surface area (Å²) in [6.07, 6.45) is 5.96. The molecule has 1 aliphatic rings. The highest BCUT2D eigenvalue weighted by Crippen LogP contribution is 2.24. The highest BCUT2D eigenvalue weighted by molar-refractivity contribution is 14.1. The van der Waals surface area contributed by atoms with Crippen LogP contribution in [-0.2, 0) is 4.74 Å². The number of hydrogen-bond acceptors (Lipinski definition) is 4. The molecule has 88 valence electrons. The molecular formula is C11H16IN3O. The molecule has 0 amide bonds. The van der Waals surface area contributed by atoms with E-state index >= 15 is 0 Å². The zero-order chi connectivity index (χ0) is 11.4. The molecule has 5 heteroatoms. The van der Waals surface area contributed by atoms with E-state index < -0.39 is 0 Å². The molecule has 1 aromatic heterocycles. The van der Waals surface area contributed by atoms with Crippen molar-refractivity contribution in [3.8, 4) is 0 Å². The minimum Gasteiger partial charge on any atom is -0.384 e. The van der Waals surface area contributed by atoms with Gasteiger partial charge in [0.15, 0.2) is 0 Å². The molecule has 16 heavy (non-hydrogen) atoms. The van der Waals surface area contributed by atoms with E-state index in [1.165, 1.54) is 12.8 Å². The molecule has 0 N–H and O–H groups in total. The van der Waals surface area contributed by atoms with Crippen molar-refractivity contribution < 1.29 is 4.74 Å². The number of ether oxygens (including phenoxy) is 1. The molecule has 1 atom stereocenters. The molecule has 0 saturated carbocycles. The lowest BCUT2D eigenvalue weighted by Gasteiger charge is -2.33. The smallest absolute Gasteiger partial charge is 0.145 e. The van der Waals surface area contributed by atoms with Crippen LogP contribution in [0.15, 0.2) is 12.5 Å². The van der Waals surface area contributed by atoms with E-state index in [4.69, 9.17) is 4.74 Å². The second-order valence-electron chi connectivity index (χ2n) is 4.10. The van der Waals surface area contributed by atoms with E-state index in [2.05, 4.69) is 37.5 Å². The van der Waals surface area contributed by atoms with E-state index in [1.54, 1.807) is 13.4 Å². The van der Waals surface area contributed by atoms with Crippen molar-refractivity contribution in [3.63, 3.8) is 0 Å². The normalized spacial score (nSPS) is 21.1. The molecule has 2 rings (SSSR count). The Morgan fingerprint density at radius 1 is 1.62 bits per heavy atom. The standard InChI is InChI=1S/C11H16IN3O/c1-16-7-9-3-2-4-15(6-9)11-10(12)5-13-8-14-11/h5,8-9H,2-4,6-7H2,1H3. The number of methoxy groups -OCH3 is 1. The second-order valence-corrected chi connectivity index (χ2v) is 5.27. The topological polar surface area (TPSA) is 38.2 Å². The number of halogens is 1. The third-order valence-electron chi connectivity index (χ3n) is 2.87. The van der Waals surface area contributed by atoms with Gasteiger partial charge in [-0.25, -0.2) is 9.97 Å². The SMILES string of the molecule is COCC1CCCN(c2ncncc2I)C1. The van der Waals surface area contributed by atoms with Crippen molar-refractivity contribution in [1.29, 1.82) is 0 Å². The number of anilines is 1. The molecule has 1 unspecified atom stereocenters. The molecule has 0 radical (unpaired) electrons. The number of hydrogen-bond donors (Lipinski definition) is 0. The molecule has 1 fully saturated rings. The van der Waals surface area contributed by atoms with E-state index in [9.17, 15) is 0 Å². The Balaban J connectivity index is 2.07. The van der Waals surface area contributed by atoms with Crippen molar-refractivity contribution in [2.45, 2.75) is 12.8 Å². The summed E-state index contributed by atoms with van der Waals surface area (Å²) in [5.74, 6) is 1.70. The number of rotatable bonds is 3. The van der Waals surface area contributed by atoms with Crippen LogP contribution in [0.5, 0.6) is 0 Å². The van der Waals surface area contributed by atoms with Gasteiger partial charge in [-0.3, -0.25) is 0 Å². The highest BCUT2D eigenvalue weighted by atomic mass is 127. The molecule has 0 spiro atoms. The highest BCUT2D eigenvalue weighted by Gasteiger charge is 2.22. The first-order valence-corrected chi connectivity index (χ1v) is 6.58. The Morgan fingerprint density at radius 2 is 2.50 bits per heavy atom. The maximum absolute atomic E-state index is 5.23. The molecular weight excluding hydrogens is 317 g/mol. The Hall–Kier alpha value is -0.430. The Bertz CT molecular complexity index is 346. The van der Waals surface area contributed by atoms with Crippen LogP contribution in [-0.4, -0.2) is 36.8 Å². The summed E-state index contributed by atoms with van der Waals surface area (Å²) in [7, 11) is 1.77. The largest absolute Gasteiger partial charge is 0.384 e. The van der Waals surface area contributed by atoms with Crippen molar-refractivity contribution in [2.24, 2.45) is 5.92 Å². The molecule has 4 nitrogen and oxygen atoms in total. The van der Waals surface area contributed by atoms with Crippen molar-refractivity contribution in [3.05, 3.63) is 16.1 Å². The third kappa shape index (κ3) is 2.82. The van der Waals surface area contributed by atoms with Gasteiger partial charge in [0.05, 0.1) is 10.2 Å². The minimum absolute atomic E-state index is 0.629. The van der Waals surface area contributed by atoms with Crippen LogP contribution in [0.25, 0.3) is 0 Å². The Morgan fingerprint density at radius 3 is 3.25 bits per heavy atom. The molecule has 0 aromatic carbocycles. The van der Waals surface area contributed by atoms with Gasteiger partial charge in [0, 0.05) is 26.4 Å². The molecule has 1 aliphatic heterocycles. The molecule has 1 aromatic rings. The molecule has 0 aliphatic carbocycles. The summed E-state index contributed by atoms with van der Waals surface area (Å²) in [6, 6.07) is 0. The average molecular weight is 333 g/mol. The summed E-state index contributed by atoms with van der Waals surface area (Å²) >= 11 is 2.29. The van der Waals surface area contributed by atoms with E-state index in [1.807, 2.05) is 6.20 Å². The summed E-state index contributed by atoms with van der Waals surface area (Å²) in [5.41, 5.74) is 0. The number of nitrogens with zero attached hydrogens (tertiary/aromatic N) is 3. The summed E-state index contributed by atoms with van der Waals surface area (Å²) in [5, 5.41) is 0. The fraction of sp³-hybridized carbons (Fsp3) is 0.636. The van der Waals surface area contributed by atoms with Crippen LogP contribution in [0.1, 0.15) is 12.8 Å². The first kappa shape index (κ1) is 12.0. The van der Waals surface area contributed by atoms with Crippen LogP contribution in [0.4, 0.5) is 5.82 Å². The average Bonchev–Trinajstić information content (AvgIpc) is 2.30. The predicted molar refractivity (Wildman–Crippen MR) is 71.6 cm³/mol. The van der Waals surface area contributed by atoms with Gasteiger partial charge in [0.1, 0.15) is 12.1 Å². The summed E-state index contributed by atoms with van der Waals surface area (Å²) < 4.78 is 6.36. The van der Waals surface area contributed by atoms with E-state index in [-0.39, 0.29) is 0 Å². The Kier molecular flexibility index (Phi) is 4.34. The zero-order valence-electron chi connectivity index (χ0n) is 9.40. The minimum atomic E-state index is 0.629. The fourth-order valence-electron chi connectivity index (χ4n) is 2.17. The maximum Gasteiger partial charge on any atom is 0.145 e. The van der Waals surface area contributed by atoms with Crippen LogP contribution < -0.4 is 4.90 Å². The molecule has 2 heterocycles. The number of piperidine rings is 1. The lowest BCUT2D eigenvalue weighted by Crippen LogP contribution is -2.38. The lowest BCUT2D eigenvalue weighted by molar-refractivity contribution is 0.143. The van der Waals surface area contributed by atoms with Crippen molar-refractivity contribution in [2.75, 3.05) is 31.7 Å². The first-order valence-electron chi connectivity index (χ1n) is 5.50. The number of aromatic nitrogens is 2. The molecule has 0 bridgehead atoms. The van der Waals surface area contributed by atoms with Gasteiger partial charge >= 0.3 is 0 Å². The summed E-state index contributed by atoms with van der Waals surface area (Å²) in [4.78, 5) is 10.7. The van der Waals surface area contributed by atoms with Gasteiger partial charge in [-0.1, -0.05) is 0 Å². The van der Waals surface area contributed by atoms with E-state index in [0.717, 1.165) is 29.1 Å². The van der Waals surface area contributed by atoms with Gasteiger partial charge in [0.2, 0.25) is 0 Å². The van der Waals surface area contributed by atoms with Gasteiger partial charge in [0.25, 0.3) is 0 Å². The van der Waals surface area contributed by atoms with E-state index in [0.29, 0.717) is 5.92 Å². The summed E-state index contributed by atoms with van der Waals surface area (Å²) in [6.45, 7) is 2.98. The van der Waals surface area contributed by atoms with Crippen LogP contribution in [0.2, 0.25) is 0 Å². The zero-order valence-corrected chi connectivity index (χ0v) is 11.6. The maximum atomic E-state index is 5.23. The van der Waals surface area contributed by atoms with Gasteiger partial charge in [-0.05, 0) is 41.4 Å². The predicted octanol–water partition coefficient (Wildman–Crippen LogP) is 1.94. The van der Waals surface area contributed by atoms with Crippen LogP contribution in [0.3, 0.4) is 0 Å². The Labute approximate surface area is 110 Å². The monoisotopic (exact) mass is 333 g/mol. The fourth-order valence-corrected chi connectivity index (χ4v) is 2.81. The van der Waals surface area contributed by atoms with Crippen LogP contribution in [0, 0.1) is 9.49 Å². The van der Waals surface area contributed by atoms with Crippen molar-refractivity contribution >= 4 is 28.4 Å². The van der Waals surface area contributed by atoms with Gasteiger partial charge in [-0.15, -0.1) is 0 Å². The van der Waals surface area contributed by atoms with Crippen molar-refractivity contribution in [1.82, 2.24) is 9.97 Å². The quantitative estimate of drug-likeness (QED) is 0.793. The first-order chi connectivity index (χ1) is 7.81. The second kappa shape index (κ2) is 5.77. The van der Waals surface area contributed by atoms with Gasteiger partial charge in [-0.2, -0.15) is 0 Å². The molecule has 1 saturated heterocycles. The third-order valence-corrected chi connectivity index (χ3v) is 3.63. The lowest BCUT2D eigenvalue weighted by atomic mass is 9.99.